The first-order chi connectivity index (χ1) is 6.25. The van der Waals surface area contributed by atoms with Crippen molar-refractivity contribution in [3.05, 3.63) is 29.6 Å². The van der Waals surface area contributed by atoms with Crippen LogP contribution in [0, 0.1) is 18.2 Å². The first-order valence-electron chi connectivity index (χ1n) is 3.87. The maximum atomic E-state index is 12.9. The average molecular weight is 179 g/mol. The molecule has 0 radical (unpaired) electrons. The zero-order valence-corrected chi connectivity index (χ0v) is 7.29. The molecule has 68 valence electrons. The van der Waals surface area contributed by atoms with Crippen LogP contribution in [0.15, 0.2) is 28.4 Å². The summed E-state index contributed by atoms with van der Waals surface area (Å²) in [4.78, 5) is 0. The Morgan fingerprint density at radius 1 is 1.54 bits per heavy atom. The number of halogens is 1. The molecule has 1 aromatic carbocycles. The monoisotopic (exact) mass is 179 g/mol. The fourth-order valence-corrected chi connectivity index (χ4v) is 0.862. The van der Waals surface area contributed by atoms with Gasteiger partial charge in [0.1, 0.15) is 5.82 Å². The maximum Gasteiger partial charge on any atom is 0.128 e. The van der Waals surface area contributed by atoms with Gasteiger partial charge in [0.25, 0.3) is 0 Å². The van der Waals surface area contributed by atoms with Crippen LogP contribution in [0.5, 0.6) is 0 Å². The zero-order chi connectivity index (χ0) is 9.68. The van der Waals surface area contributed by atoms with Crippen molar-refractivity contribution in [3.8, 4) is 0 Å². The SMILES string of the molecule is Cc1c(F)cccc1N=NCC=N. The molecule has 0 aliphatic heterocycles. The van der Waals surface area contributed by atoms with Crippen LogP contribution < -0.4 is 0 Å². The molecule has 0 aliphatic rings. The first kappa shape index (κ1) is 9.51. The van der Waals surface area contributed by atoms with E-state index >= 15 is 0 Å². The molecule has 3 nitrogen and oxygen atoms in total. The largest absolute Gasteiger partial charge is 0.311 e. The minimum absolute atomic E-state index is 0.232. The summed E-state index contributed by atoms with van der Waals surface area (Å²) in [6.45, 7) is 1.88. The van der Waals surface area contributed by atoms with Crippen LogP contribution in [0.1, 0.15) is 5.56 Å². The quantitative estimate of drug-likeness (QED) is 0.548. The van der Waals surface area contributed by atoms with Crippen LogP contribution in [0.25, 0.3) is 0 Å². The molecule has 0 bridgehead atoms. The Hall–Kier alpha value is -1.58. The lowest BCUT2D eigenvalue weighted by Gasteiger charge is -1.98. The van der Waals surface area contributed by atoms with Crippen LogP contribution in [0.2, 0.25) is 0 Å². The van der Waals surface area contributed by atoms with Gasteiger partial charge in [0.05, 0.1) is 12.2 Å². The second kappa shape index (κ2) is 4.45. The Kier molecular flexibility index (Phi) is 3.25. The van der Waals surface area contributed by atoms with Gasteiger partial charge in [-0.15, -0.1) is 0 Å². The first-order valence-corrected chi connectivity index (χ1v) is 3.87. The molecular weight excluding hydrogens is 169 g/mol. The van der Waals surface area contributed by atoms with E-state index in [2.05, 4.69) is 10.2 Å². The standard InChI is InChI=1S/C9H10FN3/c1-7-8(10)3-2-4-9(7)13-12-6-5-11/h2-5,11H,6H2,1H3. The fraction of sp³-hybridized carbons (Fsp3) is 0.222. The highest BCUT2D eigenvalue weighted by molar-refractivity contribution is 5.55. The topological polar surface area (TPSA) is 48.6 Å². The van der Waals surface area contributed by atoms with E-state index in [0.717, 1.165) is 6.21 Å². The molecule has 1 aromatic rings. The second-order valence-corrected chi connectivity index (χ2v) is 2.51. The van der Waals surface area contributed by atoms with Crippen molar-refractivity contribution in [2.75, 3.05) is 6.54 Å². The van der Waals surface area contributed by atoms with Crippen LogP contribution in [-0.2, 0) is 0 Å². The van der Waals surface area contributed by atoms with Crippen LogP contribution in [-0.4, -0.2) is 12.8 Å². The van der Waals surface area contributed by atoms with E-state index in [-0.39, 0.29) is 12.4 Å². The van der Waals surface area contributed by atoms with Gasteiger partial charge in [-0.05, 0) is 19.1 Å². The minimum atomic E-state index is -0.286. The zero-order valence-electron chi connectivity index (χ0n) is 7.29. The number of rotatable bonds is 3. The molecule has 0 atom stereocenters. The average Bonchev–Trinajstić information content (AvgIpc) is 2.13. The van der Waals surface area contributed by atoms with Gasteiger partial charge in [0, 0.05) is 11.8 Å². The van der Waals surface area contributed by atoms with Gasteiger partial charge < -0.3 is 5.41 Å². The van der Waals surface area contributed by atoms with Crippen molar-refractivity contribution in [3.63, 3.8) is 0 Å². The number of hydrogen-bond donors (Lipinski definition) is 1. The summed E-state index contributed by atoms with van der Waals surface area (Å²) in [6.07, 6.45) is 1.14. The van der Waals surface area contributed by atoms with E-state index in [1.165, 1.54) is 6.07 Å². The van der Waals surface area contributed by atoms with E-state index in [4.69, 9.17) is 5.41 Å². The molecular formula is C9H10FN3. The fourth-order valence-electron chi connectivity index (χ4n) is 0.862. The maximum absolute atomic E-state index is 12.9. The Morgan fingerprint density at radius 3 is 3.00 bits per heavy atom. The van der Waals surface area contributed by atoms with Crippen LogP contribution >= 0.6 is 0 Å². The molecule has 0 heterocycles. The lowest BCUT2D eigenvalue weighted by molar-refractivity contribution is 0.618. The Labute approximate surface area is 75.8 Å². The summed E-state index contributed by atoms with van der Waals surface area (Å²) >= 11 is 0. The molecule has 13 heavy (non-hydrogen) atoms. The number of nitrogens with zero attached hydrogens (tertiary/aromatic N) is 2. The predicted molar refractivity (Wildman–Crippen MR) is 49.3 cm³/mol. The summed E-state index contributed by atoms with van der Waals surface area (Å²) < 4.78 is 12.9. The molecule has 0 saturated heterocycles. The molecule has 0 aliphatic carbocycles. The predicted octanol–water partition coefficient (Wildman–Crippen LogP) is 2.87. The molecule has 0 unspecified atom stereocenters. The summed E-state index contributed by atoms with van der Waals surface area (Å²) in [7, 11) is 0. The van der Waals surface area contributed by atoms with E-state index in [1.54, 1.807) is 19.1 Å². The third-order valence-corrected chi connectivity index (χ3v) is 1.59. The summed E-state index contributed by atoms with van der Waals surface area (Å²) in [5, 5.41) is 14.2. The summed E-state index contributed by atoms with van der Waals surface area (Å²) in [6, 6.07) is 4.65. The van der Waals surface area contributed by atoms with Crippen molar-refractivity contribution in [1.29, 1.82) is 5.41 Å². The number of nitrogens with one attached hydrogen (secondary N) is 1. The highest BCUT2D eigenvalue weighted by Gasteiger charge is 2.00. The highest BCUT2D eigenvalue weighted by Crippen LogP contribution is 2.20. The molecule has 4 heteroatoms. The van der Waals surface area contributed by atoms with Crippen molar-refractivity contribution in [2.24, 2.45) is 10.2 Å². The van der Waals surface area contributed by atoms with E-state index in [1.807, 2.05) is 0 Å². The smallest absolute Gasteiger partial charge is 0.128 e. The van der Waals surface area contributed by atoms with Crippen molar-refractivity contribution < 1.29 is 4.39 Å². The Bertz CT molecular complexity index is 334. The molecule has 0 amide bonds. The normalized spacial score (nSPS) is 10.6. The lowest BCUT2D eigenvalue weighted by atomic mass is 10.2. The third-order valence-electron chi connectivity index (χ3n) is 1.59. The molecule has 0 fully saturated rings. The minimum Gasteiger partial charge on any atom is -0.311 e. The molecule has 0 saturated carbocycles. The van der Waals surface area contributed by atoms with Gasteiger partial charge >= 0.3 is 0 Å². The van der Waals surface area contributed by atoms with Gasteiger partial charge in [-0.2, -0.15) is 10.2 Å². The molecule has 0 aromatic heterocycles. The molecule has 1 N–H and O–H groups in total. The van der Waals surface area contributed by atoms with Gasteiger partial charge in [0.2, 0.25) is 0 Å². The van der Waals surface area contributed by atoms with Gasteiger partial charge in [-0.3, -0.25) is 0 Å². The number of benzene rings is 1. The molecule has 0 spiro atoms. The Morgan fingerprint density at radius 2 is 2.31 bits per heavy atom. The van der Waals surface area contributed by atoms with E-state index < -0.39 is 0 Å². The van der Waals surface area contributed by atoms with Gasteiger partial charge in [-0.25, -0.2) is 4.39 Å². The van der Waals surface area contributed by atoms with Crippen molar-refractivity contribution >= 4 is 11.9 Å². The Balaban J connectivity index is 2.88. The summed E-state index contributed by atoms with van der Waals surface area (Å²) in [5.41, 5.74) is 0.998. The van der Waals surface area contributed by atoms with Gasteiger partial charge in [0.15, 0.2) is 0 Å². The third kappa shape index (κ3) is 2.43. The van der Waals surface area contributed by atoms with Crippen molar-refractivity contribution in [2.45, 2.75) is 6.92 Å². The van der Waals surface area contributed by atoms with E-state index in [0.29, 0.717) is 11.3 Å². The van der Waals surface area contributed by atoms with E-state index in [9.17, 15) is 4.39 Å². The highest BCUT2D eigenvalue weighted by atomic mass is 19.1. The number of hydrogen-bond acceptors (Lipinski definition) is 3. The molecule has 1 rings (SSSR count). The van der Waals surface area contributed by atoms with Crippen LogP contribution in [0.4, 0.5) is 10.1 Å². The van der Waals surface area contributed by atoms with Crippen molar-refractivity contribution in [1.82, 2.24) is 0 Å². The van der Waals surface area contributed by atoms with Crippen LogP contribution in [0.3, 0.4) is 0 Å². The lowest BCUT2D eigenvalue weighted by Crippen LogP contribution is -1.81. The second-order valence-electron chi connectivity index (χ2n) is 2.51. The number of azo groups is 1. The summed E-state index contributed by atoms with van der Waals surface area (Å²) in [5.74, 6) is -0.286. The van der Waals surface area contributed by atoms with Gasteiger partial charge in [-0.1, -0.05) is 6.07 Å².